The zero-order valence-electron chi connectivity index (χ0n) is 16.5. The standard InChI is InChI=1S/C21H27N3O3S/c1-3-27-20(26)21(12-7-11-17-9-5-4-6-10-17)13-8-14-24(15-21)19(25)18-16(2)22-23-28-18/h4-6,9-10H,3,7-8,11-15H2,1-2H3/t21-/m1/s1. The van der Waals surface area contributed by atoms with Crippen LogP contribution in [0.25, 0.3) is 0 Å². The first kappa shape index (κ1) is 20.5. The molecule has 0 unspecified atom stereocenters. The molecule has 6 nitrogen and oxygen atoms in total. The van der Waals surface area contributed by atoms with E-state index in [2.05, 4.69) is 21.7 Å². The lowest BCUT2D eigenvalue weighted by molar-refractivity contribution is -0.159. The lowest BCUT2D eigenvalue weighted by Crippen LogP contribution is -2.50. The van der Waals surface area contributed by atoms with Gasteiger partial charge >= 0.3 is 5.97 Å². The Hall–Kier alpha value is -2.28. The summed E-state index contributed by atoms with van der Waals surface area (Å²) in [6, 6.07) is 10.3. The van der Waals surface area contributed by atoms with Gasteiger partial charge in [-0.05, 0) is 63.0 Å². The zero-order chi connectivity index (χ0) is 20.0. The molecule has 0 saturated carbocycles. The van der Waals surface area contributed by atoms with Crippen LogP contribution in [0.1, 0.15) is 53.5 Å². The van der Waals surface area contributed by atoms with Gasteiger partial charge in [-0.3, -0.25) is 9.59 Å². The highest BCUT2D eigenvalue weighted by atomic mass is 32.1. The summed E-state index contributed by atoms with van der Waals surface area (Å²) in [7, 11) is 0. The summed E-state index contributed by atoms with van der Waals surface area (Å²) in [5.74, 6) is -0.261. The number of hydrogen-bond donors (Lipinski definition) is 0. The van der Waals surface area contributed by atoms with Crippen LogP contribution in [0, 0.1) is 12.3 Å². The Balaban J connectivity index is 1.73. The van der Waals surface area contributed by atoms with Crippen LogP contribution >= 0.6 is 11.5 Å². The first-order valence-corrected chi connectivity index (χ1v) is 10.6. The molecule has 1 saturated heterocycles. The fourth-order valence-electron chi connectivity index (χ4n) is 3.91. The third-order valence-electron chi connectivity index (χ3n) is 5.38. The number of rotatable bonds is 7. The first-order valence-electron chi connectivity index (χ1n) is 9.85. The average molecular weight is 402 g/mol. The summed E-state index contributed by atoms with van der Waals surface area (Å²) < 4.78 is 9.31. The summed E-state index contributed by atoms with van der Waals surface area (Å²) in [5.41, 5.74) is 1.27. The summed E-state index contributed by atoms with van der Waals surface area (Å²) in [4.78, 5) is 28.2. The van der Waals surface area contributed by atoms with E-state index in [1.807, 2.05) is 25.1 Å². The predicted molar refractivity (Wildman–Crippen MR) is 108 cm³/mol. The maximum Gasteiger partial charge on any atom is 0.313 e. The molecule has 3 rings (SSSR count). The number of piperidine rings is 1. The van der Waals surface area contributed by atoms with Crippen LogP contribution in [0.5, 0.6) is 0 Å². The third kappa shape index (κ3) is 4.58. The molecule has 1 fully saturated rings. The molecule has 1 aromatic heterocycles. The number of nitrogens with zero attached hydrogens (tertiary/aromatic N) is 3. The van der Waals surface area contributed by atoms with Crippen LogP contribution in [0.4, 0.5) is 0 Å². The van der Waals surface area contributed by atoms with Crippen LogP contribution in [-0.4, -0.2) is 46.1 Å². The van der Waals surface area contributed by atoms with Gasteiger partial charge in [0, 0.05) is 13.1 Å². The van der Waals surface area contributed by atoms with Gasteiger partial charge in [0.05, 0.1) is 17.7 Å². The summed E-state index contributed by atoms with van der Waals surface area (Å²) in [6.07, 6.45) is 4.05. The Bertz CT molecular complexity index is 808. The van der Waals surface area contributed by atoms with E-state index in [9.17, 15) is 9.59 Å². The van der Waals surface area contributed by atoms with Gasteiger partial charge in [-0.2, -0.15) is 0 Å². The van der Waals surface area contributed by atoms with Crippen molar-refractivity contribution >= 4 is 23.4 Å². The van der Waals surface area contributed by atoms with E-state index < -0.39 is 5.41 Å². The molecule has 0 spiro atoms. The minimum atomic E-state index is -0.634. The lowest BCUT2D eigenvalue weighted by Gasteiger charge is -2.41. The topological polar surface area (TPSA) is 72.4 Å². The molecule has 7 heteroatoms. The van der Waals surface area contributed by atoms with Crippen molar-refractivity contribution < 1.29 is 14.3 Å². The number of esters is 1. The van der Waals surface area contributed by atoms with Crippen LogP contribution < -0.4 is 0 Å². The molecule has 0 radical (unpaired) electrons. The number of hydrogen-bond acceptors (Lipinski definition) is 6. The number of carbonyl (C=O) groups is 2. The highest BCUT2D eigenvalue weighted by Gasteiger charge is 2.44. The molecule has 1 atom stereocenters. The third-order valence-corrected chi connectivity index (χ3v) is 6.20. The average Bonchev–Trinajstić information content (AvgIpc) is 3.14. The zero-order valence-corrected chi connectivity index (χ0v) is 17.3. The van der Waals surface area contributed by atoms with Crippen LogP contribution in [0.15, 0.2) is 30.3 Å². The molecule has 0 N–H and O–H groups in total. The highest BCUT2D eigenvalue weighted by molar-refractivity contribution is 7.07. The van der Waals surface area contributed by atoms with Gasteiger partial charge in [0.15, 0.2) is 0 Å². The Morgan fingerprint density at radius 1 is 1.29 bits per heavy atom. The van der Waals surface area contributed by atoms with Gasteiger partial charge in [0.25, 0.3) is 5.91 Å². The van der Waals surface area contributed by atoms with Gasteiger partial charge in [0.2, 0.25) is 0 Å². The number of amides is 1. The minimum Gasteiger partial charge on any atom is -0.466 e. The molecule has 0 aliphatic carbocycles. The van der Waals surface area contributed by atoms with Crippen molar-refractivity contribution in [3.63, 3.8) is 0 Å². The molecule has 1 amide bonds. The van der Waals surface area contributed by atoms with Crippen molar-refractivity contribution in [2.75, 3.05) is 19.7 Å². The monoisotopic (exact) mass is 401 g/mol. The number of ether oxygens (including phenoxy) is 1. The van der Waals surface area contributed by atoms with Crippen molar-refractivity contribution in [3.8, 4) is 0 Å². The fourth-order valence-corrected chi connectivity index (χ4v) is 4.53. The first-order chi connectivity index (χ1) is 13.6. The molecule has 150 valence electrons. The molecule has 1 aliphatic heterocycles. The van der Waals surface area contributed by atoms with Crippen LogP contribution in [0.3, 0.4) is 0 Å². The molecule has 0 bridgehead atoms. The molecule has 1 aliphatic rings. The van der Waals surface area contributed by atoms with E-state index in [0.717, 1.165) is 37.2 Å². The SMILES string of the molecule is CCOC(=O)[C@]1(CCCc2ccccc2)CCCN(C(=O)c2snnc2C)C1. The Labute approximate surface area is 170 Å². The second kappa shape index (κ2) is 9.28. The van der Waals surface area contributed by atoms with E-state index in [1.54, 1.807) is 11.8 Å². The van der Waals surface area contributed by atoms with Crippen LogP contribution in [-0.2, 0) is 16.0 Å². The molecule has 2 heterocycles. The van der Waals surface area contributed by atoms with Crippen molar-refractivity contribution in [2.24, 2.45) is 5.41 Å². The second-order valence-electron chi connectivity index (χ2n) is 7.36. The van der Waals surface area contributed by atoms with Crippen LogP contribution in [0.2, 0.25) is 0 Å². The van der Waals surface area contributed by atoms with Crippen molar-refractivity contribution in [2.45, 2.75) is 46.0 Å². The number of aryl methyl sites for hydroxylation is 2. The fraction of sp³-hybridized carbons (Fsp3) is 0.524. The summed E-state index contributed by atoms with van der Waals surface area (Å²) in [6.45, 7) is 5.02. The number of aromatic nitrogens is 2. The summed E-state index contributed by atoms with van der Waals surface area (Å²) in [5, 5.41) is 3.95. The van der Waals surface area contributed by atoms with E-state index in [-0.39, 0.29) is 11.9 Å². The normalized spacial score (nSPS) is 19.4. The van der Waals surface area contributed by atoms with E-state index in [1.165, 1.54) is 5.56 Å². The lowest BCUT2D eigenvalue weighted by atomic mass is 9.75. The number of likely N-dealkylation sites (tertiary alicyclic amines) is 1. The molecular weight excluding hydrogens is 374 g/mol. The van der Waals surface area contributed by atoms with Crippen molar-refractivity contribution in [1.82, 2.24) is 14.5 Å². The van der Waals surface area contributed by atoms with E-state index >= 15 is 0 Å². The van der Waals surface area contributed by atoms with E-state index in [4.69, 9.17) is 4.74 Å². The van der Waals surface area contributed by atoms with Gasteiger partial charge in [-0.15, -0.1) is 5.10 Å². The Morgan fingerprint density at radius 2 is 2.07 bits per heavy atom. The van der Waals surface area contributed by atoms with Crippen molar-refractivity contribution in [1.29, 1.82) is 0 Å². The van der Waals surface area contributed by atoms with Gasteiger partial charge in [-0.25, -0.2) is 0 Å². The predicted octanol–water partition coefficient (Wildman–Crippen LogP) is 3.65. The summed E-state index contributed by atoms with van der Waals surface area (Å²) >= 11 is 1.12. The second-order valence-corrected chi connectivity index (χ2v) is 8.11. The number of benzene rings is 1. The maximum absolute atomic E-state index is 12.9. The molecule has 28 heavy (non-hydrogen) atoms. The van der Waals surface area contributed by atoms with Gasteiger partial charge in [0.1, 0.15) is 4.88 Å². The maximum atomic E-state index is 12.9. The van der Waals surface area contributed by atoms with Crippen molar-refractivity contribution in [3.05, 3.63) is 46.5 Å². The molecular formula is C21H27N3O3S. The minimum absolute atomic E-state index is 0.0797. The molecule has 1 aromatic carbocycles. The Morgan fingerprint density at radius 3 is 2.75 bits per heavy atom. The Kier molecular flexibility index (Phi) is 6.78. The van der Waals surface area contributed by atoms with Gasteiger partial charge in [-0.1, -0.05) is 34.8 Å². The largest absolute Gasteiger partial charge is 0.466 e. The highest BCUT2D eigenvalue weighted by Crippen LogP contribution is 2.37. The molecule has 2 aromatic rings. The smallest absolute Gasteiger partial charge is 0.313 e. The quantitative estimate of drug-likeness (QED) is 0.662. The van der Waals surface area contributed by atoms with Gasteiger partial charge < -0.3 is 9.64 Å². The van der Waals surface area contributed by atoms with E-state index in [0.29, 0.717) is 36.7 Å². The number of carbonyl (C=O) groups excluding carboxylic acids is 2.